The molecule has 0 saturated carbocycles. The van der Waals surface area contributed by atoms with Crippen molar-refractivity contribution in [2.24, 2.45) is 11.8 Å². The smallest absolute Gasteiger partial charge is 0.247 e. The quantitative estimate of drug-likeness (QED) is 0.0280. The van der Waals surface area contributed by atoms with Crippen LogP contribution >= 0.6 is 0 Å². The highest BCUT2D eigenvalue weighted by Crippen LogP contribution is 2.37. The molecule has 23 heteroatoms. The molecule has 96 heavy (non-hydrogen) atoms. The fraction of sp³-hybridized carbons (Fsp3) is 0.562. The van der Waals surface area contributed by atoms with Crippen LogP contribution in [0.3, 0.4) is 0 Å². The van der Waals surface area contributed by atoms with Crippen molar-refractivity contribution in [3.05, 3.63) is 144 Å². The summed E-state index contributed by atoms with van der Waals surface area (Å²) < 4.78 is 17.3. The highest BCUT2D eigenvalue weighted by Gasteiger charge is 2.50. The molecule has 8 rings (SSSR count). The number of hydrogen-bond donors (Lipinski definition) is 10. The first-order valence-electron chi connectivity index (χ1n) is 34.9. The SMILES string of the molecule is CC[C@H](NC)C(=O)N[C@@H]1C(=O)N2[C@@H](CC[C@@H]1CCNCc1ccccc1)CC[C@H]2C(=O)N[C@H](C(=O)NCCCOCCOCCOCCCNC(=O)[C@@H](NC(=O)[C@@H]1CC[C@@H]2CC[C@H](CCNCc3ccccc3)[C@H](NC(=O)[C@H](C)NC)C(=O)N21)c1ccccc1)c1ccccc1. The van der Waals surface area contributed by atoms with Crippen LogP contribution in [0.1, 0.15) is 132 Å². The molecule has 4 aliphatic heterocycles. The van der Waals surface area contributed by atoms with Crippen LogP contribution in [0.15, 0.2) is 121 Å². The fourth-order valence-corrected chi connectivity index (χ4v) is 13.7. The third-order valence-electron chi connectivity index (χ3n) is 19.2. The van der Waals surface area contributed by atoms with E-state index in [1.807, 2.05) is 67.6 Å². The predicted octanol–water partition coefficient (Wildman–Crippen LogP) is 4.24. The molecule has 0 aliphatic carbocycles. The summed E-state index contributed by atoms with van der Waals surface area (Å²) in [5.74, 6) is -2.98. The number of ether oxygens (including phenoxy) is 3. The molecule has 23 nitrogen and oxygen atoms in total. The van der Waals surface area contributed by atoms with Gasteiger partial charge in [0, 0.05) is 51.5 Å². The number of benzene rings is 4. The van der Waals surface area contributed by atoms with Gasteiger partial charge < -0.3 is 77.2 Å². The van der Waals surface area contributed by atoms with Crippen LogP contribution in [0.5, 0.6) is 0 Å². The van der Waals surface area contributed by atoms with Crippen molar-refractivity contribution < 1.29 is 52.6 Å². The number of fused-ring (bicyclic) bond motifs is 2. The van der Waals surface area contributed by atoms with E-state index in [0.29, 0.717) is 160 Å². The Morgan fingerprint density at radius 1 is 0.469 bits per heavy atom. The molecule has 0 radical (unpaired) electrons. The number of carbonyl (C=O) groups is 8. The Kier molecular flexibility index (Phi) is 30.5. The molecule has 8 amide bonds. The molecule has 4 aromatic rings. The number of carbonyl (C=O) groups excluding carboxylic acids is 8. The van der Waals surface area contributed by atoms with Gasteiger partial charge in [0.05, 0.1) is 38.5 Å². The van der Waals surface area contributed by atoms with Crippen molar-refractivity contribution in [3.8, 4) is 0 Å². The Morgan fingerprint density at radius 2 is 0.854 bits per heavy atom. The number of nitrogens with one attached hydrogen (secondary N) is 10. The molecular weight excluding hydrogens is 1220 g/mol. The highest BCUT2D eigenvalue weighted by molar-refractivity contribution is 5.97. The summed E-state index contributed by atoms with van der Waals surface area (Å²) >= 11 is 0. The topological polar surface area (TPSA) is 291 Å². The van der Waals surface area contributed by atoms with Crippen LogP contribution in [0.4, 0.5) is 0 Å². The van der Waals surface area contributed by atoms with Crippen LogP contribution in [0.2, 0.25) is 0 Å². The Bertz CT molecular complexity index is 3060. The van der Waals surface area contributed by atoms with Crippen molar-refractivity contribution >= 4 is 47.3 Å². The van der Waals surface area contributed by atoms with Gasteiger partial charge in [-0.3, -0.25) is 38.4 Å². The molecular formula is C73H104N12O11. The van der Waals surface area contributed by atoms with Crippen LogP contribution < -0.4 is 53.2 Å². The second-order valence-electron chi connectivity index (χ2n) is 25.6. The molecule has 12 atom stereocenters. The minimum Gasteiger partial charge on any atom is -0.379 e. The lowest BCUT2D eigenvalue weighted by molar-refractivity contribution is -0.144. The van der Waals surface area contributed by atoms with Crippen LogP contribution in [0.25, 0.3) is 0 Å². The van der Waals surface area contributed by atoms with E-state index in [-0.39, 0.29) is 72.5 Å². The number of likely N-dealkylation sites (N-methyl/N-ethyl adjacent to an activating group) is 2. The van der Waals surface area contributed by atoms with Crippen LogP contribution in [-0.2, 0) is 65.7 Å². The lowest BCUT2D eigenvalue weighted by Crippen LogP contribution is -2.58. The highest BCUT2D eigenvalue weighted by atomic mass is 16.5. The van der Waals surface area contributed by atoms with Gasteiger partial charge in [-0.1, -0.05) is 128 Å². The monoisotopic (exact) mass is 1320 g/mol. The zero-order valence-corrected chi connectivity index (χ0v) is 56.5. The second kappa shape index (κ2) is 39.5. The minimum atomic E-state index is -1.02. The van der Waals surface area contributed by atoms with Gasteiger partial charge in [0.25, 0.3) is 0 Å². The lowest BCUT2D eigenvalue weighted by atomic mass is 9.90. The lowest BCUT2D eigenvalue weighted by Gasteiger charge is -2.33. The normalized spacial score (nSPS) is 22.1. The summed E-state index contributed by atoms with van der Waals surface area (Å²) in [5, 5.41) is 31.1. The van der Waals surface area contributed by atoms with Crippen molar-refractivity contribution in [3.63, 3.8) is 0 Å². The molecule has 522 valence electrons. The van der Waals surface area contributed by atoms with Crippen LogP contribution in [-0.4, -0.2) is 185 Å². The van der Waals surface area contributed by atoms with Gasteiger partial charge in [-0.25, -0.2) is 0 Å². The van der Waals surface area contributed by atoms with E-state index in [9.17, 15) is 38.4 Å². The molecule has 4 heterocycles. The summed E-state index contributed by atoms with van der Waals surface area (Å²) in [4.78, 5) is 116. The first kappa shape index (κ1) is 74.2. The maximum atomic E-state index is 14.8. The van der Waals surface area contributed by atoms with E-state index in [1.165, 1.54) is 0 Å². The average molecular weight is 1330 g/mol. The number of rotatable bonds is 39. The Hall–Kier alpha value is -7.64. The second-order valence-corrected chi connectivity index (χ2v) is 25.6. The maximum Gasteiger partial charge on any atom is 0.247 e. The summed E-state index contributed by atoms with van der Waals surface area (Å²) in [6.45, 7) is 8.90. The van der Waals surface area contributed by atoms with E-state index in [2.05, 4.69) is 77.4 Å². The summed E-state index contributed by atoms with van der Waals surface area (Å²) in [6.07, 6.45) is 7.84. The molecule has 10 N–H and O–H groups in total. The van der Waals surface area contributed by atoms with E-state index in [0.717, 1.165) is 11.1 Å². The van der Waals surface area contributed by atoms with Gasteiger partial charge in [0.2, 0.25) is 47.3 Å². The van der Waals surface area contributed by atoms with Gasteiger partial charge >= 0.3 is 0 Å². The third kappa shape index (κ3) is 21.7. The molecule has 0 unspecified atom stereocenters. The summed E-state index contributed by atoms with van der Waals surface area (Å²) in [6, 6.07) is 31.6. The Labute approximate surface area is 566 Å². The minimum absolute atomic E-state index is 0.146. The number of nitrogens with zero attached hydrogens (tertiary/aromatic N) is 2. The molecule has 4 aromatic carbocycles. The Morgan fingerprint density at radius 3 is 1.25 bits per heavy atom. The first-order valence-corrected chi connectivity index (χ1v) is 34.9. The van der Waals surface area contributed by atoms with E-state index < -0.39 is 60.1 Å². The average Bonchev–Trinajstić information content (AvgIpc) is 1.65. The molecule has 0 aromatic heterocycles. The molecule has 0 bridgehead atoms. The summed E-state index contributed by atoms with van der Waals surface area (Å²) in [5.41, 5.74) is 3.51. The molecule has 4 fully saturated rings. The van der Waals surface area contributed by atoms with E-state index >= 15 is 0 Å². The van der Waals surface area contributed by atoms with E-state index in [1.54, 1.807) is 67.2 Å². The van der Waals surface area contributed by atoms with Gasteiger partial charge in [0.1, 0.15) is 36.3 Å². The molecule has 4 saturated heterocycles. The van der Waals surface area contributed by atoms with Crippen molar-refractivity contribution in [1.82, 2.24) is 63.0 Å². The first-order chi connectivity index (χ1) is 46.8. The molecule has 4 aliphatic rings. The van der Waals surface area contributed by atoms with Crippen LogP contribution in [0, 0.1) is 11.8 Å². The third-order valence-corrected chi connectivity index (χ3v) is 19.2. The number of amides is 8. The van der Waals surface area contributed by atoms with Gasteiger partial charge in [-0.05, 0) is 152 Å². The standard InChI is InChI=1S/C73H104N12O11/c1-5-59(75-4)67(87)83-65-56(37-41-77-49-52-22-12-7-13-23-52)29-31-58-33-35-61(85(58)73(65)93)69(89)81-63(54-26-16-9-17-27-54)71(91)79-39-19-43-95-45-47-96-46-44-94-42-18-38-78-70(90)62(53-24-14-8-15-25-53)80-68(88)60-34-32-57-30-28-55(36-40-76-48-51-20-10-6-11-21-51)64(72(92)84(57)60)82-66(86)50(2)74-3/h6-17,20-27,50,55-65,74-77H,5,18-19,28-49H2,1-4H3,(H,78,90)(H,79,91)(H,80,88)(H,81,89)(H,82,86)(H,83,87)/t50-,55+,56+,57-,58-,59-,60-,61-,62-,63-,64-,65-/m0/s1. The van der Waals surface area contributed by atoms with Gasteiger partial charge in [0.15, 0.2) is 0 Å². The Balaban J connectivity index is 0.724. The predicted molar refractivity (Wildman–Crippen MR) is 366 cm³/mol. The van der Waals surface area contributed by atoms with Crippen molar-refractivity contribution in [2.75, 3.05) is 79.9 Å². The van der Waals surface area contributed by atoms with Gasteiger partial charge in [-0.2, -0.15) is 0 Å². The fourth-order valence-electron chi connectivity index (χ4n) is 13.7. The van der Waals surface area contributed by atoms with E-state index in [4.69, 9.17) is 14.2 Å². The van der Waals surface area contributed by atoms with Crippen molar-refractivity contribution in [2.45, 2.75) is 171 Å². The molecule has 0 spiro atoms. The van der Waals surface area contributed by atoms with Crippen molar-refractivity contribution in [1.29, 1.82) is 0 Å². The zero-order chi connectivity index (χ0) is 68.0. The largest absolute Gasteiger partial charge is 0.379 e. The zero-order valence-electron chi connectivity index (χ0n) is 56.5. The number of hydrogen-bond acceptors (Lipinski definition) is 15. The maximum absolute atomic E-state index is 14.8. The summed E-state index contributed by atoms with van der Waals surface area (Å²) in [7, 11) is 3.42. The van der Waals surface area contributed by atoms with Gasteiger partial charge in [-0.15, -0.1) is 0 Å².